The maximum atomic E-state index is 12.3. The Bertz CT molecular complexity index is 529. The van der Waals surface area contributed by atoms with E-state index in [1.54, 1.807) is 24.3 Å². The number of hydrogen-bond acceptors (Lipinski definition) is 4. The number of carbonyl (C=O) groups excluding carboxylic acids is 2. The van der Waals surface area contributed by atoms with E-state index in [0.717, 1.165) is 12.8 Å². The second-order valence-electron chi connectivity index (χ2n) is 4.37. The maximum Gasteiger partial charge on any atom is 0.263 e. The van der Waals surface area contributed by atoms with Gasteiger partial charge < -0.3 is 0 Å². The van der Waals surface area contributed by atoms with Crippen LogP contribution in [0.1, 0.15) is 46.9 Å². The van der Waals surface area contributed by atoms with E-state index in [9.17, 15) is 9.59 Å². The number of thiocarbonyl (C=S) groups is 1. The summed E-state index contributed by atoms with van der Waals surface area (Å²) < 4.78 is 0. The smallest absolute Gasteiger partial charge is 0.263 e. The monoisotopic (exact) mass is 274 g/mol. The van der Waals surface area contributed by atoms with Crippen molar-refractivity contribution in [1.82, 2.24) is 4.90 Å². The number of isothiocyanates is 1. The third-order valence-electron chi connectivity index (χ3n) is 3.14. The van der Waals surface area contributed by atoms with Gasteiger partial charge in [-0.05, 0) is 37.2 Å². The lowest BCUT2D eigenvalue weighted by Gasteiger charge is -2.21. The lowest BCUT2D eigenvalue weighted by molar-refractivity contribution is 0.0581. The van der Waals surface area contributed by atoms with Gasteiger partial charge in [0.25, 0.3) is 11.8 Å². The predicted octanol–water partition coefficient (Wildman–Crippen LogP) is 2.90. The summed E-state index contributed by atoms with van der Waals surface area (Å²) in [6.45, 7) is 2.04. The first kappa shape index (κ1) is 13.6. The van der Waals surface area contributed by atoms with Crippen molar-refractivity contribution in [3.05, 3.63) is 35.4 Å². The molecule has 1 aliphatic heterocycles. The molecule has 0 radical (unpaired) electrons. The van der Waals surface area contributed by atoms with Gasteiger partial charge in [0.1, 0.15) is 6.17 Å². The fourth-order valence-corrected chi connectivity index (χ4v) is 2.30. The number of benzene rings is 1. The lowest BCUT2D eigenvalue weighted by Crippen LogP contribution is -2.38. The number of unbranched alkanes of at least 4 members (excludes halogenated alkanes) is 1. The van der Waals surface area contributed by atoms with Crippen molar-refractivity contribution >= 4 is 29.2 Å². The molecule has 1 aromatic rings. The van der Waals surface area contributed by atoms with Gasteiger partial charge in [-0.25, -0.2) is 4.99 Å². The van der Waals surface area contributed by atoms with Gasteiger partial charge in [0.2, 0.25) is 0 Å². The number of nitrogens with zero attached hydrogens (tertiary/aromatic N) is 2. The van der Waals surface area contributed by atoms with Gasteiger partial charge in [-0.15, -0.1) is 0 Å². The Morgan fingerprint density at radius 3 is 2.32 bits per heavy atom. The lowest BCUT2D eigenvalue weighted by atomic mass is 10.1. The minimum absolute atomic E-state index is 0.296. The molecule has 2 rings (SSSR count). The molecule has 98 valence electrons. The molecular formula is C14H14N2O2S. The van der Waals surface area contributed by atoms with Crippen molar-refractivity contribution in [1.29, 1.82) is 0 Å². The molecule has 1 unspecified atom stereocenters. The minimum Gasteiger partial charge on any atom is -0.268 e. The van der Waals surface area contributed by atoms with E-state index >= 15 is 0 Å². The molecule has 0 saturated heterocycles. The average Bonchev–Trinajstić information content (AvgIpc) is 2.68. The molecular weight excluding hydrogens is 260 g/mol. The third kappa shape index (κ3) is 2.48. The normalized spacial score (nSPS) is 15.1. The van der Waals surface area contributed by atoms with Crippen LogP contribution in [0.4, 0.5) is 0 Å². The molecule has 1 atom stereocenters. The molecule has 19 heavy (non-hydrogen) atoms. The molecule has 0 aromatic heterocycles. The van der Waals surface area contributed by atoms with Crippen LogP contribution in [0, 0.1) is 0 Å². The molecule has 4 nitrogen and oxygen atoms in total. The Labute approximate surface area is 117 Å². The van der Waals surface area contributed by atoms with Gasteiger partial charge in [-0.1, -0.05) is 25.5 Å². The van der Waals surface area contributed by atoms with Gasteiger partial charge in [-0.2, -0.15) is 0 Å². The average molecular weight is 274 g/mol. The number of aliphatic imine (C=N–C) groups is 1. The molecule has 1 aliphatic rings. The summed E-state index contributed by atoms with van der Waals surface area (Å²) >= 11 is 4.61. The Hall–Kier alpha value is -1.84. The zero-order valence-corrected chi connectivity index (χ0v) is 11.4. The van der Waals surface area contributed by atoms with Crippen molar-refractivity contribution in [3.63, 3.8) is 0 Å². The van der Waals surface area contributed by atoms with E-state index in [1.165, 1.54) is 4.90 Å². The van der Waals surface area contributed by atoms with Gasteiger partial charge in [0.05, 0.1) is 16.3 Å². The first-order valence-electron chi connectivity index (χ1n) is 6.24. The van der Waals surface area contributed by atoms with Crippen LogP contribution < -0.4 is 0 Å². The highest BCUT2D eigenvalue weighted by Gasteiger charge is 2.39. The summed E-state index contributed by atoms with van der Waals surface area (Å²) in [6, 6.07) is 6.81. The van der Waals surface area contributed by atoms with Gasteiger partial charge >= 0.3 is 0 Å². The number of hydrogen-bond donors (Lipinski definition) is 0. The van der Waals surface area contributed by atoms with Crippen LogP contribution in [0.15, 0.2) is 29.3 Å². The molecule has 1 aromatic carbocycles. The van der Waals surface area contributed by atoms with Gasteiger partial charge in [-0.3, -0.25) is 14.5 Å². The summed E-state index contributed by atoms with van der Waals surface area (Å²) in [5.41, 5.74) is 0.877. The number of carbonyl (C=O) groups is 2. The quantitative estimate of drug-likeness (QED) is 0.471. The van der Waals surface area contributed by atoms with E-state index in [0.29, 0.717) is 17.5 Å². The number of rotatable bonds is 5. The highest BCUT2D eigenvalue weighted by atomic mass is 32.1. The van der Waals surface area contributed by atoms with E-state index in [-0.39, 0.29) is 11.8 Å². The topological polar surface area (TPSA) is 49.7 Å². The summed E-state index contributed by atoms with van der Waals surface area (Å²) in [6.07, 6.45) is 1.92. The second-order valence-corrected chi connectivity index (χ2v) is 4.55. The largest absolute Gasteiger partial charge is 0.268 e. The van der Waals surface area contributed by atoms with Crippen LogP contribution in [0.25, 0.3) is 0 Å². The standard InChI is InChI=1S/C14H14N2O2S/c1-2-3-8-12(15-9-19)16-13(17)10-6-4-5-7-11(10)14(16)18/h4-7,12H,2-3,8H2,1H3. The Kier molecular flexibility index (Phi) is 4.20. The maximum absolute atomic E-state index is 12.3. The van der Waals surface area contributed by atoms with Crippen molar-refractivity contribution in [2.45, 2.75) is 32.4 Å². The highest BCUT2D eigenvalue weighted by Crippen LogP contribution is 2.26. The Morgan fingerprint density at radius 1 is 1.26 bits per heavy atom. The van der Waals surface area contributed by atoms with Crippen molar-refractivity contribution in [3.8, 4) is 0 Å². The molecule has 1 heterocycles. The first-order valence-corrected chi connectivity index (χ1v) is 6.65. The summed E-state index contributed by atoms with van der Waals surface area (Å²) in [4.78, 5) is 29.7. The molecule has 0 aliphatic carbocycles. The second kappa shape index (κ2) is 5.87. The molecule has 5 heteroatoms. The van der Waals surface area contributed by atoms with Crippen molar-refractivity contribution in [2.75, 3.05) is 0 Å². The minimum atomic E-state index is -0.537. The van der Waals surface area contributed by atoms with Gasteiger partial charge in [0, 0.05) is 0 Å². The van der Waals surface area contributed by atoms with Crippen molar-refractivity contribution < 1.29 is 9.59 Å². The molecule has 2 amide bonds. The van der Waals surface area contributed by atoms with Crippen LogP contribution in [-0.2, 0) is 0 Å². The third-order valence-corrected chi connectivity index (χ3v) is 3.25. The van der Waals surface area contributed by atoms with Crippen LogP contribution in [-0.4, -0.2) is 28.0 Å². The van der Waals surface area contributed by atoms with E-state index in [2.05, 4.69) is 22.4 Å². The summed E-state index contributed by atoms with van der Waals surface area (Å²) in [5.74, 6) is -0.591. The predicted molar refractivity (Wildman–Crippen MR) is 75.3 cm³/mol. The van der Waals surface area contributed by atoms with Crippen LogP contribution in [0.5, 0.6) is 0 Å². The zero-order chi connectivity index (χ0) is 13.8. The number of amides is 2. The number of imide groups is 1. The SMILES string of the molecule is CCCCC(N=C=S)N1C(=O)c2ccccc2C1=O. The summed E-state index contributed by atoms with van der Waals surface area (Å²) in [7, 11) is 0. The Morgan fingerprint density at radius 2 is 1.84 bits per heavy atom. The molecule has 0 saturated carbocycles. The number of fused-ring (bicyclic) bond motifs is 1. The molecule has 0 spiro atoms. The van der Waals surface area contributed by atoms with Crippen LogP contribution in [0.3, 0.4) is 0 Å². The molecule has 0 fully saturated rings. The first-order chi connectivity index (χ1) is 9.20. The molecule has 0 N–H and O–H groups in total. The zero-order valence-electron chi connectivity index (χ0n) is 10.6. The van der Waals surface area contributed by atoms with Crippen molar-refractivity contribution in [2.24, 2.45) is 4.99 Å². The summed E-state index contributed by atoms with van der Waals surface area (Å²) in [5, 5.41) is 2.28. The molecule has 0 bridgehead atoms. The fourth-order valence-electron chi connectivity index (χ4n) is 2.18. The van der Waals surface area contributed by atoms with Gasteiger partial charge in [0.15, 0.2) is 0 Å². The Balaban J connectivity index is 2.33. The van der Waals surface area contributed by atoms with Crippen LogP contribution in [0.2, 0.25) is 0 Å². The van der Waals surface area contributed by atoms with Crippen LogP contribution >= 0.6 is 12.2 Å². The van der Waals surface area contributed by atoms with E-state index < -0.39 is 6.17 Å². The van der Waals surface area contributed by atoms with E-state index in [4.69, 9.17) is 0 Å². The van der Waals surface area contributed by atoms with E-state index in [1.807, 2.05) is 6.92 Å². The highest BCUT2D eigenvalue weighted by molar-refractivity contribution is 7.78. The fraction of sp³-hybridized carbons (Fsp3) is 0.357.